The molecule has 3 aromatic rings. The maximum absolute atomic E-state index is 12.8. The Bertz CT molecular complexity index is 1060. The number of aromatic nitrogens is 2. The highest BCUT2D eigenvalue weighted by atomic mass is 16.5. The van der Waals surface area contributed by atoms with E-state index < -0.39 is 0 Å². The van der Waals surface area contributed by atoms with Gasteiger partial charge in [0, 0.05) is 23.8 Å². The smallest absolute Gasteiger partial charge is 0.256 e. The molecule has 0 radical (unpaired) electrons. The van der Waals surface area contributed by atoms with E-state index in [9.17, 15) is 4.79 Å². The van der Waals surface area contributed by atoms with Gasteiger partial charge in [0.15, 0.2) is 0 Å². The first-order valence-electron chi connectivity index (χ1n) is 9.29. The third-order valence-electron chi connectivity index (χ3n) is 4.75. The molecule has 1 aromatic carbocycles. The van der Waals surface area contributed by atoms with E-state index in [0.717, 1.165) is 28.8 Å². The Hall–Kier alpha value is -3.12. The second kappa shape index (κ2) is 8.27. The van der Waals surface area contributed by atoms with Gasteiger partial charge in [-0.25, -0.2) is 0 Å². The van der Waals surface area contributed by atoms with Gasteiger partial charge in [0.1, 0.15) is 24.2 Å². The van der Waals surface area contributed by atoms with Crippen LogP contribution in [0.1, 0.15) is 18.1 Å². The fourth-order valence-corrected chi connectivity index (χ4v) is 3.29. The van der Waals surface area contributed by atoms with E-state index in [1.165, 1.54) is 0 Å². The van der Waals surface area contributed by atoms with Gasteiger partial charge in [-0.15, -0.1) is 0 Å². The van der Waals surface area contributed by atoms with Crippen molar-refractivity contribution in [3.05, 3.63) is 76.9 Å². The molecular weight excluding hydrogens is 356 g/mol. The Kier molecular flexibility index (Phi) is 5.39. The molecule has 1 aliphatic rings. The van der Waals surface area contributed by atoms with Crippen molar-refractivity contribution >= 4 is 10.9 Å². The summed E-state index contributed by atoms with van der Waals surface area (Å²) >= 11 is 0. The molecule has 1 atom stereocenters. The lowest BCUT2D eigenvalue weighted by atomic mass is 10.1. The zero-order valence-electron chi connectivity index (χ0n) is 15.7. The molecule has 28 heavy (non-hydrogen) atoms. The number of hydrogen-bond acceptors (Lipinski definition) is 5. The van der Waals surface area contributed by atoms with Crippen molar-refractivity contribution in [2.75, 3.05) is 20.3 Å². The number of rotatable bonds is 6. The van der Waals surface area contributed by atoms with Crippen LogP contribution in [0.2, 0.25) is 0 Å². The Morgan fingerprint density at radius 1 is 1.29 bits per heavy atom. The first-order valence-corrected chi connectivity index (χ1v) is 9.29. The largest absolute Gasteiger partial charge is 0.497 e. The maximum Gasteiger partial charge on any atom is 0.256 e. The SMILES string of the molecule is COc1ccc2c(OCCn3cccc(C4C=CCCO4)c3=O)ccnc2c1. The van der Waals surface area contributed by atoms with Crippen molar-refractivity contribution in [2.24, 2.45) is 0 Å². The van der Waals surface area contributed by atoms with E-state index in [-0.39, 0.29) is 11.7 Å². The molecule has 6 heteroatoms. The molecule has 0 aliphatic carbocycles. The number of methoxy groups -OCH3 is 1. The first-order chi connectivity index (χ1) is 13.8. The summed E-state index contributed by atoms with van der Waals surface area (Å²) in [6.45, 7) is 1.46. The van der Waals surface area contributed by atoms with Gasteiger partial charge in [0.25, 0.3) is 5.56 Å². The topological polar surface area (TPSA) is 62.6 Å². The van der Waals surface area contributed by atoms with E-state index >= 15 is 0 Å². The third-order valence-corrected chi connectivity index (χ3v) is 4.75. The van der Waals surface area contributed by atoms with Crippen molar-refractivity contribution in [1.82, 2.24) is 9.55 Å². The van der Waals surface area contributed by atoms with Crippen molar-refractivity contribution in [1.29, 1.82) is 0 Å². The molecule has 144 valence electrons. The predicted octanol–water partition coefficient (Wildman–Crippen LogP) is 3.50. The van der Waals surface area contributed by atoms with Crippen LogP contribution in [0, 0.1) is 0 Å². The molecular formula is C22H22N2O4. The summed E-state index contributed by atoms with van der Waals surface area (Å²) in [5.41, 5.74) is 1.41. The summed E-state index contributed by atoms with van der Waals surface area (Å²) in [6.07, 6.45) is 8.09. The van der Waals surface area contributed by atoms with Crippen LogP contribution in [0.3, 0.4) is 0 Å². The van der Waals surface area contributed by atoms with Crippen LogP contribution < -0.4 is 15.0 Å². The molecule has 0 saturated heterocycles. The molecule has 2 aromatic heterocycles. The van der Waals surface area contributed by atoms with Crippen LogP contribution in [-0.2, 0) is 11.3 Å². The highest BCUT2D eigenvalue weighted by Crippen LogP contribution is 2.27. The van der Waals surface area contributed by atoms with E-state index in [1.54, 1.807) is 24.1 Å². The summed E-state index contributed by atoms with van der Waals surface area (Å²) < 4.78 is 18.5. The zero-order chi connectivity index (χ0) is 19.3. The van der Waals surface area contributed by atoms with Crippen molar-refractivity contribution in [3.63, 3.8) is 0 Å². The average molecular weight is 378 g/mol. The molecule has 4 rings (SSSR count). The molecule has 0 N–H and O–H groups in total. The number of benzene rings is 1. The number of pyridine rings is 2. The predicted molar refractivity (Wildman–Crippen MR) is 107 cm³/mol. The van der Waals surface area contributed by atoms with Gasteiger partial charge in [-0.1, -0.05) is 12.2 Å². The average Bonchev–Trinajstić information content (AvgIpc) is 2.75. The quantitative estimate of drug-likeness (QED) is 0.615. The van der Waals surface area contributed by atoms with Gasteiger partial charge in [-0.2, -0.15) is 0 Å². The van der Waals surface area contributed by atoms with Crippen LogP contribution in [0.25, 0.3) is 10.9 Å². The van der Waals surface area contributed by atoms with Gasteiger partial charge in [-0.3, -0.25) is 9.78 Å². The summed E-state index contributed by atoms with van der Waals surface area (Å²) in [6, 6.07) is 11.2. The number of ether oxygens (including phenoxy) is 3. The minimum atomic E-state index is -0.270. The Morgan fingerprint density at radius 3 is 3.04 bits per heavy atom. The van der Waals surface area contributed by atoms with Gasteiger partial charge in [0.05, 0.1) is 31.3 Å². The Labute approximate surface area is 163 Å². The van der Waals surface area contributed by atoms with E-state index in [0.29, 0.717) is 25.3 Å². The van der Waals surface area contributed by atoms with Crippen molar-refractivity contribution in [3.8, 4) is 11.5 Å². The van der Waals surface area contributed by atoms with E-state index in [1.807, 2.05) is 42.5 Å². The molecule has 3 heterocycles. The minimum absolute atomic E-state index is 0.0491. The maximum atomic E-state index is 12.8. The summed E-state index contributed by atoms with van der Waals surface area (Å²) in [5, 5.41) is 0.908. The molecule has 1 aliphatic heterocycles. The summed E-state index contributed by atoms with van der Waals surface area (Å²) in [5.74, 6) is 1.48. The van der Waals surface area contributed by atoms with E-state index in [4.69, 9.17) is 14.2 Å². The standard InChI is InChI=1S/C22H22N2O4/c1-26-16-7-8-17-19(15-16)23-10-9-21(17)28-14-12-24-11-4-5-18(22(24)25)20-6-2-3-13-27-20/h2,4-11,15,20H,3,12-14H2,1H3. The van der Waals surface area contributed by atoms with Gasteiger partial charge < -0.3 is 18.8 Å². The van der Waals surface area contributed by atoms with E-state index in [2.05, 4.69) is 11.1 Å². The summed E-state index contributed by atoms with van der Waals surface area (Å²) in [4.78, 5) is 17.1. The van der Waals surface area contributed by atoms with Crippen LogP contribution >= 0.6 is 0 Å². The van der Waals surface area contributed by atoms with Crippen LogP contribution in [0.5, 0.6) is 11.5 Å². The van der Waals surface area contributed by atoms with Crippen LogP contribution in [0.15, 0.2) is 65.7 Å². The molecule has 1 unspecified atom stereocenters. The van der Waals surface area contributed by atoms with Gasteiger partial charge >= 0.3 is 0 Å². The van der Waals surface area contributed by atoms with Crippen LogP contribution in [0.4, 0.5) is 0 Å². The van der Waals surface area contributed by atoms with Crippen molar-refractivity contribution in [2.45, 2.75) is 19.1 Å². The van der Waals surface area contributed by atoms with Gasteiger partial charge in [0.2, 0.25) is 0 Å². The molecule has 0 fully saturated rings. The fraction of sp³-hybridized carbons (Fsp3) is 0.273. The first kappa shape index (κ1) is 18.3. The molecule has 0 bridgehead atoms. The number of hydrogen-bond donors (Lipinski definition) is 0. The third kappa shape index (κ3) is 3.77. The van der Waals surface area contributed by atoms with Gasteiger partial charge in [-0.05, 0) is 36.8 Å². The highest BCUT2D eigenvalue weighted by Gasteiger charge is 2.16. The molecule has 0 spiro atoms. The normalized spacial score (nSPS) is 16.2. The summed E-state index contributed by atoms with van der Waals surface area (Å²) in [7, 11) is 1.63. The van der Waals surface area contributed by atoms with Crippen LogP contribution in [-0.4, -0.2) is 29.9 Å². The monoisotopic (exact) mass is 378 g/mol. The second-order valence-corrected chi connectivity index (χ2v) is 6.51. The zero-order valence-corrected chi connectivity index (χ0v) is 15.7. The number of nitrogens with zero attached hydrogens (tertiary/aromatic N) is 2. The molecule has 0 saturated carbocycles. The second-order valence-electron chi connectivity index (χ2n) is 6.51. The molecule has 6 nitrogen and oxygen atoms in total. The minimum Gasteiger partial charge on any atom is -0.497 e. The lowest BCUT2D eigenvalue weighted by Gasteiger charge is -2.18. The Balaban J connectivity index is 1.49. The highest BCUT2D eigenvalue weighted by molar-refractivity contribution is 5.85. The lowest BCUT2D eigenvalue weighted by Crippen LogP contribution is -2.27. The Morgan fingerprint density at radius 2 is 2.21 bits per heavy atom. The van der Waals surface area contributed by atoms with Crippen molar-refractivity contribution < 1.29 is 14.2 Å². The lowest BCUT2D eigenvalue weighted by molar-refractivity contribution is 0.0787. The number of fused-ring (bicyclic) bond motifs is 1. The fourth-order valence-electron chi connectivity index (χ4n) is 3.29. The molecule has 0 amide bonds.